The van der Waals surface area contributed by atoms with Gasteiger partial charge in [-0.2, -0.15) is 0 Å². The van der Waals surface area contributed by atoms with Crippen LogP contribution in [0.4, 0.5) is 0 Å². The zero-order chi connectivity index (χ0) is 13.9. The third-order valence-corrected chi connectivity index (χ3v) is 4.00. The first kappa shape index (κ1) is 13.8. The molecule has 8 heteroatoms. The second-order valence-corrected chi connectivity index (χ2v) is 5.72. The molecule has 0 aromatic carbocycles. The molecule has 0 fully saturated rings. The van der Waals surface area contributed by atoms with Gasteiger partial charge in [0.05, 0.1) is 6.54 Å². The zero-order valence-corrected chi connectivity index (χ0v) is 11.4. The summed E-state index contributed by atoms with van der Waals surface area (Å²) in [6, 6.07) is 2.94. The lowest BCUT2D eigenvalue weighted by Crippen LogP contribution is -2.26. The zero-order valence-electron chi connectivity index (χ0n) is 10.5. The van der Waals surface area contributed by atoms with E-state index in [1.54, 1.807) is 12.3 Å². The van der Waals surface area contributed by atoms with E-state index >= 15 is 0 Å². The molecule has 3 N–H and O–H groups in total. The number of rotatable bonds is 6. The quantitative estimate of drug-likeness (QED) is 0.776. The van der Waals surface area contributed by atoms with E-state index in [-0.39, 0.29) is 18.2 Å². The highest BCUT2D eigenvalue weighted by atomic mass is 32.2. The van der Waals surface area contributed by atoms with E-state index in [1.807, 2.05) is 17.8 Å². The van der Waals surface area contributed by atoms with Gasteiger partial charge in [-0.25, -0.2) is 18.1 Å². The standard InChI is InChI=1S/C11H16N4O3S/c1-15-7-6-13-10(15)4-5-14-19(16,17)11-3-2-9(8-12)18-11/h2-3,6-7,14H,4-5,8,12H2,1H3. The highest BCUT2D eigenvalue weighted by molar-refractivity contribution is 7.89. The molecule has 2 aromatic rings. The van der Waals surface area contributed by atoms with Crippen LogP contribution < -0.4 is 10.5 Å². The van der Waals surface area contributed by atoms with Crippen LogP contribution in [0.3, 0.4) is 0 Å². The fourth-order valence-electron chi connectivity index (χ4n) is 1.62. The highest BCUT2D eigenvalue weighted by Crippen LogP contribution is 2.13. The Hall–Kier alpha value is -1.64. The summed E-state index contributed by atoms with van der Waals surface area (Å²) >= 11 is 0. The molecule has 0 amide bonds. The maximum Gasteiger partial charge on any atom is 0.273 e. The molecule has 0 aliphatic carbocycles. The molecule has 7 nitrogen and oxygen atoms in total. The van der Waals surface area contributed by atoms with Crippen LogP contribution in [-0.4, -0.2) is 24.5 Å². The molecule has 0 saturated carbocycles. The molecule has 0 spiro atoms. The summed E-state index contributed by atoms with van der Waals surface area (Å²) in [5.74, 6) is 1.24. The van der Waals surface area contributed by atoms with Gasteiger partial charge in [0, 0.05) is 32.4 Å². The summed E-state index contributed by atoms with van der Waals surface area (Å²) in [7, 11) is -1.77. The highest BCUT2D eigenvalue weighted by Gasteiger charge is 2.18. The van der Waals surface area contributed by atoms with Crippen molar-refractivity contribution in [3.63, 3.8) is 0 Å². The van der Waals surface area contributed by atoms with E-state index in [4.69, 9.17) is 10.2 Å². The number of aryl methyl sites for hydroxylation is 1. The minimum atomic E-state index is -3.62. The Morgan fingerprint density at radius 3 is 2.84 bits per heavy atom. The van der Waals surface area contributed by atoms with Gasteiger partial charge in [0.2, 0.25) is 5.09 Å². The minimum absolute atomic E-state index is 0.118. The molecular weight excluding hydrogens is 268 g/mol. The predicted molar refractivity (Wildman–Crippen MR) is 68.7 cm³/mol. The maximum absolute atomic E-state index is 11.9. The van der Waals surface area contributed by atoms with Crippen molar-refractivity contribution in [2.45, 2.75) is 18.1 Å². The third-order valence-electron chi connectivity index (χ3n) is 2.66. The van der Waals surface area contributed by atoms with E-state index in [2.05, 4.69) is 9.71 Å². The molecule has 19 heavy (non-hydrogen) atoms. The maximum atomic E-state index is 11.9. The molecule has 104 valence electrons. The lowest BCUT2D eigenvalue weighted by molar-refractivity contribution is 0.413. The van der Waals surface area contributed by atoms with Crippen LogP contribution in [0, 0.1) is 0 Å². The van der Waals surface area contributed by atoms with E-state index in [0.29, 0.717) is 12.2 Å². The summed E-state index contributed by atoms with van der Waals surface area (Å²) in [5, 5.41) is -0.118. The molecule has 0 aliphatic rings. The predicted octanol–water partition coefficient (Wildman–Crippen LogP) is -0.00720. The van der Waals surface area contributed by atoms with E-state index in [0.717, 1.165) is 5.82 Å². The Balaban J connectivity index is 1.96. The fraction of sp³-hybridized carbons (Fsp3) is 0.364. The van der Waals surface area contributed by atoms with Gasteiger partial charge in [-0.15, -0.1) is 0 Å². The summed E-state index contributed by atoms with van der Waals surface area (Å²) in [6.07, 6.45) is 3.99. The summed E-state index contributed by atoms with van der Waals surface area (Å²) in [4.78, 5) is 4.11. The first-order chi connectivity index (χ1) is 9.03. The number of sulfonamides is 1. The van der Waals surface area contributed by atoms with Crippen molar-refractivity contribution in [1.82, 2.24) is 14.3 Å². The van der Waals surface area contributed by atoms with Gasteiger partial charge in [0.1, 0.15) is 11.6 Å². The smallest absolute Gasteiger partial charge is 0.273 e. The summed E-state index contributed by atoms with van der Waals surface area (Å²) in [6.45, 7) is 0.425. The Kier molecular flexibility index (Phi) is 4.03. The molecule has 2 aromatic heterocycles. The van der Waals surface area contributed by atoms with Crippen LogP contribution in [-0.2, 0) is 30.0 Å². The van der Waals surface area contributed by atoms with Crippen molar-refractivity contribution < 1.29 is 12.8 Å². The number of nitrogens with zero attached hydrogens (tertiary/aromatic N) is 2. The average Bonchev–Trinajstić information content (AvgIpc) is 2.99. The van der Waals surface area contributed by atoms with Crippen molar-refractivity contribution in [3.05, 3.63) is 36.1 Å². The minimum Gasteiger partial charge on any atom is -0.447 e. The van der Waals surface area contributed by atoms with Crippen molar-refractivity contribution in [3.8, 4) is 0 Å². The van der Waals surface area contributed by atoms with Crippen molar-refractivity contribution in [2.75, 3.05) is 6.54 Å². The van der Waals surface area contributed by atoms with Gasteiger partial charge in [0.25, 0.3) is 10.0 Å². The fourth-order valence-corrected chi connectivity index (χ4v) is 2.60. The monoisotopic (exact) mass is 284 g/mol. The molecule has 2 heterocycles. The van der Waals surface area contributed by atoms with Crippen LogP contribution in [0.1, 0.15) is 11.6 Å². The van der Waals surface area contributed by atoms with E-state index in [1.165, 1.54) is 6.07 Å². The number of nitrogens with one attached hydrogen (secondary N) is 1. The molecule has 0 atom stereocenters. The Morgan fingerprint density at radius 2 is 2.26 bits per heavy atom. The molecule has 0 unspecified atom stereocenters. The number of furan rings is 1. The largest absolute Gasteiger partial charge is 0.447 e. The van der Waals surface area contributed by atoms with Crippen molar-refractivity contribution >= 4 is 10.0 Å². The Labute approximate surface area is 111 Å². The van der Waals surface area contributed by atoms with E-state index in [9.17, 15) is 8.42 Å². The average molecular weight is 284 g/mol. The molecule has 0 radical (unpaired) electrons. The van der Waals surface area contributed by atoms with Crippen LogP contribution in [0.25, 0.3) is 0 Å². The van der Waals surface area contributed by atoms with Gasteiger partial charge in [-0.1, -0.05) is 0 Å². The van der Waals surface area contributed by atoms with Gasteiger partial charge in [-0.3, -0.25) is 0 Å². The first-order valence-electron chi connectivity index (χ1n) is 5.77. The number of hydrogen-bond acceptors (Lipinski definition) is 5. The number of imidazole rings is 1. The number of hydrogen-bond donors (Lipinski definition) is 2. The molecule has 0 saturated heterocycles. The lowest BCUT2D eigenvalue weighted by atomic mass is 10.4. The third kappa shape index (κ3) is 3.22. The van der Waals surface area contributed by atoms with Gasteiger partial charge in [-0.05, 0) is 12.1 Å². The van der Waals surface area contributed by atoms with Crippen LogP contribution >= 0.6 is 0 Å². The lowest BCUT2D eigenvalue weighted by Gasteiger charge is -2.04. The Bertz CT molecular complexity index is 644. The Morgan fingerprint density at radius 1 is 1.47 bits per heavy atom. The van der Waals surface area contributed by atoms with Gasteiger partial charge >= 0.3 is 0 Å². The second-order valence-electron chi connectivity index (χ2n) is 4.03. The van der Waals surface area contributed by atoms with E-state index < -0.39 is 10.0 Å². The molecular formula is C11H16N4O3S. The van der Waals surface area contributed by atoms with Gasteiger partial charge in [0.15, 0.2) is 0 Å². The number of aromatic nitrogens is 2. The SMILES string of the molecule is Cn1ccnc1CCNS(=O)(=O)c1ccc(CN)o1. The topological polar surface area (TPSA) is 103 Å². The van der Waals surface area contributed by atoms with Crippen LogP contribution in [0.2, 0.25) is 0 Å². The van der Waals surface area contributed by atoms with Crippen LogP contribution in [0.15, 0.2) is 34.0 Å². The molecule has 0 aliphatic heterocycles. The summed E-state index contributed by atoms with van der Waals surface area (Å²) < 4.78 is 33.2. The normalized spacial score (nSPS) is 11.9. The number of nitrogens with two attached hydrogens (primary N) is 1. The molecule has 0 bridgehead atoms. The van der Waals surface area contributed by atoms with Crippen molar-refractivity contribution in [1.29, 1.82) is 0 Å². The van der Waals surface area contributed by atoms with Gasteiger partial charge < -0.3 is 14.7 Å². The molecule has 2 rings (SSSR count). The second kappa shape index (κ2) is 5.55. The van der Waals surface area contributed by atoms with Crippen LogP contribution in [0.5, 0.6) is 0 Å². The summed E-state index contributed by atoms with van der Waals surface area (Å²) in [5.41, 5.74) is 5.37. The first-order valence-corrected chi connectivity index (χ1v) is 7.26. The van der Waals surface area contributed by atoms with Crippen molar-refractivity contribution in [2.24, 2.45) is 12.8 Å².